The van der Waals surface area contributed by atoms with Gasteiger partial charge in [-0.15, -0.1) is 0 Å². The van der Waals surface area contributed by atoms with Crippen molar-refractivity contribution in [1.82, 2.24) is 5.32 Å². The second kappa shape index (κ2) is 35.5. The Morgan fingerprint density at radius 2 is 0.956 bits per heavy atom. The van der Waals surface area contributed by atoms with E-state index in [4.69, 9.17) is 4.43 Å². The Morgan fingerprint density at radius 1 is 0.578 bits per heavy atom. The smallest absolute Gasteiger partial charge is 0.188 e. The van der Waals surface area contributed by atoms with Crippen molar-refractivity contribution in [3.05, 3.63) is 0 Å². The first-order valence-corrected chi connectivity index (χ1v) is 24.5. The van der Waals surface area contributed by atoms with E-state index in [1.165, 1.54) is 173 Å². The SMILES string of the molecule is CCCCCCCCCCCCCCCCC(CO[Si](C)(C)CCCSC(=O)CCCCCCCCCCCCCCC)NC. The lowest BCUT2D eigenvalue weighted by Gasteiger charge is -2.26. The van der Waals surface area contributed by atoms with E-state index in [2.05, 4.69) is 39.3 Å². The highest BCUT2D eigenvalue weighted by atomic mass is 32.2. The molecule has 0 amide bonds. The van der Waals surface area contributed by atoms with Crippen molar-refractivity contribution in [1.29, 1.82) is 0 Å². The third kappa shape index (κ3) is 35.3. The van der Waals surface area contributed by atoms with E-state index >= 15 is 0 Å². The van der Waals surface area contributed by atoms with Gasteiger partial charge in [-0.25, -0.2) is 0 Å². The fourth-order valence-electron chi connectivity index (χ4n) is 6.34. The van der Waals surface area contributed by atoms with Crippen molar-refractivity contribution >= 4 is 25.2 Å². The maximum atomic E-state index is 12.3. The fraction of sp³-hybridized carbons (Fsp3) is 0.975. The summed E-state index contributed by atoms with van der Waals surface area (Å²) in [4.78, 5) is 12.3. The number of hydrogen-bond acceptors (Lipinski definition) is 4. The third-order valence-electron chi connectivity index (χ3n) is 9.66. The standard InChI is InChI=1S/C40H83NO2SSi/c1-6-8-10-12-14-16-18-20-22-23-25-27-29-31-34-39(41-3)38-43-45(4,5)37-33-36-44-40(42)35-32-30-28-26-24-21-19-17-15-13-11-9-7-2/h39,41H,6-38H2,1-5H3. The van der Waals surface area contributed by atoms with E-state index in [-0.39, 0.29) is 0 Å². The van der Waals surface area contributed by atoms with E-state index in [0.717, 1.165) is 37.7 Å². The number of carbonyl (C=O) groups is 1. The monoisotopic (exact) mass is 670 g/mol. The van der Waals surface area contributed by atoms with Crippen molar-refractivity contribution in [3.63, 3.8) is 0 Å². The van der Waals surface area contributed by atoms with Crippen LogP contribution in [0.5, 0.6) is 0 Å². The quantitative estimate of drug-likeness (QED) is 0.0528. The first kappa shape index (κ1) is 45.2. The molecule has 0 aliphatic carbocycles. The van der Waals surface area contributed by atoms with Crippen LogP contribution in [0, 0.1) is 0 Å². The van der Waals surface area contributed by atoms with Gasteiger partial charge in [0, 0.05) is 24.8 Å². The molecule has 1 unspecified atom stereocenters. The molecule has 0 saturated carbocycles. The summed E-state index contributed by atoms with van der Waals surface area (Å²) >= 11 is 1.57. The molecule has 0 aliphatic heterocycles. The zero-order valence-electron chi connectivity index (χ0n) is 31.6. The maximum absolute atomic E-state index is 12.3. The van der Waals surface area contributed by atoms with Crippen LogP contribution >= 0.6 is 11.8 Å². The molecule has 1 N–H and O–H groups in total. The minimum absolute atomic E-state index is 0.405. The molecule has 0 aliphatic rings. The van der Waals surface area contributed by atoms with E-state index in [1.807, 2.05) is 0 Å². The molecule has 3 nitrogen and oxygen atoms in total. The van der Waals surface area contributed by atoms with Crippen LogP contribution in [-0.4, -0.2) is 38.9 Å². The van der Waals surface area contributed by atoms with Gasteiger partial charge in [0.15, 0.2) is 13.4 Å². The summed E-state index contributed by atoms with van der Waals surface area (Å²) in [5, 5.41) is 3.91. The number of nitrogens with one attached hydrogen (secondary N) is 1. The normalized spacial score (nSPS) is 12.6. The maximum Gasteiger partial charge on any atom is 0.188 e. The highest BCUT2D eigenvalue weighted by molar-refractivity contribution is 8.13. The molecule has 0 radical (unpaired) electrons. The number of rotatable bonds is 37. The minimum atomic E-state index is -1.67. The first-order valence-electron chi connectivity index (χ1n) is 20.4. The van der Waals surface area contributed by atoms with E-state index in [9.17, 15) is 4.79 Å². The zero-order chi connectivity index (χ0) is 33.1. The largest absolute Gasteiger partial charge is 0.416 e. The van der Waals surface area contributed by atoms with Crippen LogP contribution in [0.2, 0.25) is 19.1 Å². The topological polar surface area (TPSA) is 38.3 Å². The molecule has 0 rings (SSSR count). The van der Waals surface area contributed by atoms with Gasteiger partial charge in [-0.2, -0.15) is 0 Å². The lowest BCUT2D eigenvalue weighted by Crippen LogP contribution is -2.38. The fourth-order valence-corrected chi connectivity index (χ4v) is 9.22. The molecule has 0 bridgehead atoms. The molecule has 1 atom stereocenters. The summed E-state index contributed by atoms with van der Waals surface area (Å²) in [6.45, 7) is 10.1. The first-order chi connectivity index (χ1) is 21.9. The number of hydrogen-bond donors (Lipinski definition) is 1. The van der Waals surface area contributed by atoms with Crippen LogP contribution in [0.4, 0.5) is 0 Å². The van der Waals surface area contributed by atoms with E-state index in [1.54, 1.807) is 11.8 Å². The van der Waals surface area contributed by atoms with Crippen molar-refractivity contribution < 1.29 is 9.22 Å². The molecular formula is C40H83NO2SSi. The summed E-state index contributed by atoms with van der Waals surface area (Å²) < 4.78 is 6.49. The summed E-state index contributed by atoms with van der Waals surface area (Å²) in [7, 11) is 0.421. The van der Waals surface area contributed by atoms with E-state index < -0.39 is 8.32 Å². The molecule has 0 spiro atoms. The summed E-state index contributed by atoms with van der Waals surface area (Å²) in [5.41, 5.74) is 0. The predicted octanol–water partition coefficient (Wildman–Crippen LogP) is 13.8. The lowest BCUT2D eigenvalue weighted by molar-refractivity contribution is -0.111. The summed E-state index contributed by atoms with van der Waals surface area (Å²) in [6, 6.07) is 1.63. The highest BCUT2D eigenvalue weighted by Crippen LogP contribution is 2.20. The molecule has 0 aromatic rings. The summed E-state index contributed by atoms with van der Waals surface area (Å²) in [6.07, 6.45) is 40.6. The second-order valence-corrected chi connectivity index (χ2v) is 20.2. The van der Waals surface area contributed by atoms with Gasteiger partial charge in [0.25, 0.3) is 0 Å². The third-order valence-corrected chi connectivity index (χ3v) is 13.2. The van der Waals surface area contributed by atoms with Gasteiger partial charge in [0.1, 0.15) is 0 Å². The van der Waals surface area contributed by atoms with Gasteiger partial charge in [-0.05, 0) is 45.4 Å². The predicted molar refractivity (Wildman–Crippen MR) is 208 cm³/mol. The molecule has 5 heteroatoms. The second-order valence-electron chi connectivity index (χ2n) is 14.8. The van der Waals surface area contributed by atoms with E-state index in [0.29, 0.717) is 11.2 Å². The Kier molecular flexibility index (Phi) is 35.6. The molecule has 0 aromatic carbocycles. The highest BCUT2D eigenvalue weighted by Gasteiger charge is 2.23. The van der Waals surface area contributed by atoms with Gasteiger partial charge >= 0.3 is 0 Å². The Balaban J connectivity index is 3.59. The van der Waals surface area contributed by atoms with Gasteiger partial charge in [0.2, 0.25) is 0 Å². The molecular weight excluding hydrogens is 587 g/mol. The molecule has 0 saturated heterocycles. The molecule has 45 heavy (non-hydrogen) atoms. The van der Waals surface area contributed by atoms with Crippen LogP contribution in [0.1, 0.15) is 206 Å². The Labute approximate surface area is 289 Å². The van der Waals surface area contributed by atoms with Crippen molar-refractivity contribution in [3.8, 4) is 0 Å². The van der Waals surface area contributed by atoms with Crippen LogP contribution in [0.25, 0.3) is 0 Å². The number of unbranched alkanes of at least 4 members (excludes halogenated alkanes) is 25. The number of thioether (sulfide) groups is 1. The van der Waals surface area contributed by atoms with Gasteiger partial charge in [-0.1, -0.05) is 193 Å². The number of likely N-dealkylation sites (N-methyl/N-ethyl adjacent to an activating group) is 1. The average Bonchev–Trinajstić information content (AvgIpc) is 3.03. The molecule has 0 aromatic heterocycles. The molecule has 0 heterocycles. The Hall–Kier alpha value is 0.157. The van der Waals surface area contributed by atoms with Crippen molar-refractivity contribution in [2.75, 3.05) is 19.4 Å². The molecule has 0 fully saturated rings. The lowest BCUT2D eigenvalue weighted by atomic mass is 10.0. The number of carbonyl (C=O) groups excluding carboxylic acids is 1. The van der Waals surface area contributed by atoms with Crippen LogP contribution in [0.3, 0.4) is 0 Å². The van der Waals surface area contributed by atoms with Gasteiger partial charge in [0.05, 0.1) is 0 Å². The van der Waals surface area contributed by atoms with Crippen molar-refractivity contribution in [2.24, 2.45) is 0 Å². The van der Waals surface area contributed by atoms with Gasteiger partial charge < -0.3 is 9.74 Å². The molecule has 270 valence electrons. The average molecular weight is 670 g/mol. The van der Waals surface area contributed by atoms with Crippen LogP contribution < -0.4 is 5.32 Å². The minimum Gasteiger partial charge on any atom is -0.416 e. The van der Waals surface area contributed by atoms with Crippen LogP contribution in [-0.2, 0) is 9.22 Å². The Morgan fingerprint density at radius 3 is 1.36 bits per heavy atom. The van der Waals surface area contributed by atoms with Crippen molar-refractivity contribution in [2.45, 2.75) is 232 Å². The zero-order valence-corrected chi connectivity index (χ0v) is 33.5. The summed E-state index contributed by atoms with van der Waals surface area (Å²) in [5.74, 6) is 0.964. The Bertz CT molecular complexity index is 603. The van der Waals surface area contributed by atoms with Gasteiger partial charge in [-0.3, -0.25) is 4.79 Å². The van der Waals surface area contributed by atoms with Crippen LogP contribution in [0.15, 0.2) is 0 Å².